The van der Waals surface area contributed by atoms with Crippen LogP contribution in [-0.4, -0.2) is 75.8 Å². The molecule has 0 bridgehead atoms. The number of hydrogen-bond acceptors (Lipinski definition) is 8. The standard InChI is InChI=1S/C22H29N7O2.2C2HF3O2/c1-13(21(30)28-11-14-2-4-17(5-3-14)20(24)25)29-22(31)18-9-16(12-27-18)8-15-6-7-26-19(23)10-15;2*3-2(4,5)1(6)7/h2-7,10,13,16,18,27H,8-9,11-12H2,1H3,(H2,23,26)(H3,24,25)(H,28,30)(H,29,31);2*(H,6,7)/t13-,16-,18+;;/m0../s1. The van der Waals surface area contributed by atoms with E-state index >= 15 is 0 Å². The van der Waals surface area contributed by atoms with Gasteiger partial charge in [0.15, 0.2) is 0 Å². The van der Waals surface area contributed by atoms with Gasteiger partial charge in [0.05, 0.1) is 6.04 Å². The van der Waals surface area contributed by atoms with Gasteiger partial charge in [-0.25, -0.2) is 14.6 Å². The van der Waals surface area contributed by atoms with Gasteiger partial charge in [-0.15, -0.1) is 0 Å². The number of amidine groups is 1. The number of nitrogens with one attached hydrogen (secondary N) is 4. The number of nitrogen functional groups attached to an aromatic ring is 2. The molecule has 0 spiro atoms. The Morgan fingerprint density at radius 2 is 1.56 bits per heavy atom. The third kappa shape index (κ3) is 14.4. The van der Waals surface area contributed by atoms with Crippen LogP contribution in [0.1, 0.15) is 30.0 Å². The Morgan fingerprint density at radius 1 is 1.02 bits per heavy atom. The molecule has 3 rings (SSSR count). The number of aliphatic carboxylic acids is 2. The second-order valence-corrected chi connectivity index (χ2v) is 9.52. The maximum atomic E-state index is 12.6. The van der Waals surface area contributed by atoms with Gasteiger partial charge in [0.1, 0.15) is 17.7 Å². The molecule has 1 aromatic heterocycles. The van der Waals surface area contributed by atoms with Gasteiger partial charge in [0.25, 0.3) is 0 Å². The summed E-state index contributed by atoms with van der Waals surface area (Å²) in [5, 5.41) is 30.5. The molecule has 1 aliphatic heterocycles. The maximum Gasteiger partial charge on any atom is 0.490 e. The van der Waals surface area contributed by atoms with Crippen molar-refractivity contribution in [3.63, 3.8) is 0 Å². The zero-order valence-electron chi connectivity index (χ0n) is 23.5. The quantitative estimate of drug-likeness (QED) is 0.117. The molecule has 0 radical (unpaired) electrons. The van der Waals surface area contributed by atoms with Crippen LogP contribution in [0.25, 0.3) is 0 Å². The van der Waals surface area contributed by atoms with E-state index in [1.165, 1.54) is 0 Å². The van der Waals surface area contributed by atoms with Gasteiger partial charge in [0, 0.05) is 18.3 Å². The van der Waals surface area contributed by atoms with E-state index in [2.05, 4.69) is 20.9 Å². The molecular weight excluding hydrogens is 620 g/mol. The van der Waals surface area contributed by atoms with Crippen LogP contribution in [0.4, 0.5) is 32.2 Å². The van der Waals surface area contributed by atoms with E-state index in [0.717, 1.165) is 24.1 Å². The summed E-state index contributed by atoms with van der Waals surface area (Å²) in [4.78, 5) is 46.7. The Hall–Kier alpha value is -4.94. The lowest BCUT2D eigenvalue weighted by atomic mass is 9.97. The molecule has 0 saturated carbocycles. The van der Waals surface area contributed by atoms with E-state index in [0.29, 0.717) is 30.3 Å². The van der Waals surface area contributed by atoms with Crippen LogP contribution in [0.15, 0.2) is 42.6 Å². The SMILES string of the molecule is C[C@H](NC(=O)[C@H]1C[C@H](Cc2ccnc(N)c2)CN1)C(=O)NCc1ccc(C(=N)N)cc1.O=C(O)C(F)(F)F.O=C(O)C(F)(F)F. The molecule has 19 heteroatoms. The molecule has 0 aliphatic carbocycles. The molecule has 45 heavy (non-hydrogen) atoms. The summed E-state index contributed by atoms with van der Waals surface area (Å²) in [5.41, 5.74) is 13.8. The van der Waals surface area contributed by atoms with Crippen molar-refractivity contribution in [3.8, 4) is 0 Å². The highest BCUT2D eigenvalue weighted by atomic mass is 19.4. The summed E-state index contributed by atoms with van der Waals surface area (Å²) in [6.45, 7) is 2.73. The number of hydrogen-bond donors (Lipinski definition) is 8. The Kier molecular flexibility index (Phi) is 14.2. The van der Waals surface area contributed by atoms with E-state index < -0.39 is 30.3 Å². The largest absolute Gasteiger partial charge is 0.490 e. The number of carboxylic acids is 2. The maximum absolute atomic E-state index is 12.6. The molecule has 0 unspecified atom stereocenters. The zero-order chi connectivity index (χ0) is 34.5. The average Bonchev–Trinajstić information content (AvgIpc) is 3.40. The number of nitrogens with two attached hydrogens (primary N) is 2. The molecule has 3 atom stereocenters. The third-order valence-electron chi connectivity index (χ3n) is 5.88. The number of amides is 2. The van der Waals surface area contributed by atoms with Gasteiger partial charge in [-0.2, -0.15) is 26.3 Å². The number of nitrogens with zero attached hydrogens (tertiary/aromatic N) is 1. The molecule has 1 saturated heterocycles. The van der Waals surface area contributed by atoms with Crippen molar-refractivity contribution in [2.45, 2.75) is 50.7 Å². The average molecular weight is 652 g/mol. The highest BCUT2D eigenvalue weighted by Gasteiger charge is 2.39. The minimum atomic E-state index is -5.08. The molecule has 1 aliphatic rings. The molecule has 248 valence electrons. The molecule has 13 nitrogen and oxygen atoms in total. The summed E-state index contributed by atoms with van der Waals surface area (Å²) in [7, 11) is 0. The summed E-state index contributed by atoms with van der Waals surface area (Å²) in [6.07, 6.45) is -6.96. The first-order valence-corrected chi connectivity index (χ1v) is 12.8. The molecule has 2 aromatic rings. The first-order valence-electron chi connectivity index (χ1n) is 12.8. The number of halogens is 6. The molecular formula is C26H31F6N7O6. The minimum absolute atomic E-state index is 0.000381. The van der Waals surface area contributed by atoms with Crippen LogP contribution in [0, 0.1) is 11.3 Å². The fourth-order valence-corrected chi connectivity index (χ4v) is 3.64. The summed E-state index contributed by atoms with van der Waals surface area (Å²) in [5.74, 6) is -5.14. The monoisotopic (exact) mass is 651 g/mol. The first-order chi connectivity index (χ1) is 20.7. The number of benzene rings is 1. The molecule has 10 N–H and O–H groups in total. The first kappa shape index (κ1) is 38.1. The second kappa shape index (κ2) is 16.8. The number of rotatable bonds is 8. The van der Waals surface area contributed by atoms with Crippen LogP contribution in [0.3, 0.4) is 0 Å². The summed E-state index contributed by atoms with van der Waals surface area (Å²) in [6, 6.07) is 9.90. The minimum Gasteiger partial charge on any atom is -0.475 e. The Bertz CT molecular complexity index is 1310. The number of anilines is 1. The summed E-state index contributed by atoms with van der Waals surface area (Å²) >= 11 is 0. The predicted molar refractivity (Wildman–Crippen MR) is 147 cm³/mol. The number of alkyl halides is 6. The van der Waals surface area contributed by atoms with Crippen molar-refractivity contribution in [3.05, 3.63) is 59.3 Å². The number of pyridine rings is 1. The normalized spacial score (nSPS) is 16.5. The Labute approximate surface area is 251 Å². The highest BCUT2D eigenvalue weighted by Crippen LogP contribution is 2.20. The van der Waals surface area contributed by atoms with E-state index in [1.54, 1.807) is 37.4 Å². The van der Waals surface area contributed by atoms with Crippen molar-refractivity contribution in [1.29, 1.82) is 5.41 Å². The fourth-order valence-electron chi connectivity index (χ4n) is 3.64. The van der Waals surface area contributed by atoms with E-state index in [9.17, 15) is 35.9 Å². The lowest BCUT2D eigenvalue weighted by molar-refractivity contribution is -0.193. The van der Waals surface area contributed by atoms with Crippen molar-refractivity contribution in [2.75, 3.05) is 12.3 Å². The molecule has 1 fully saturated rings. The van der Waals surface area contributed by atoms with Gasteiger partial charge in [-0.3, -0.25) is 15.0 Å². The zero-order valence-corrected chi connectivity index (χ0v) is 23.5. The van der Waals surface area contributed by atoms with Crippen molar-refractivity contribution in [2.24, 2.45) is 11.7 Å². The Morgan fingerprint density at radius 3 is 2.02 bits per heavy atom. The number of aromatic nitrogens is 1. The van der Waals surface area contributed by atoms with Crippen molar-refractivity contribution >= 4 is 35.4 Å². The third-order valence-corrected chi connectivity index (χ3v) is 5.88. The predicted octanol–water partition coefficient (Wildman–Crippen LogP) is 1.56. The smallest absolute Gasteiger partial charge is 0.475 e. The fraction of sp³-hybridized carbons (Fsp3) is 0.385. The van der Waals surface area contributed by atoms with E-state index in [-0.39, 0.29) is 23.7 Å². The molecule has 1 aromatic carbocycles. The number of carbonyl (C=O) groups excluding carboxylic acids is 2. The lowest BCUT2D eigenvalue weighted by Gasteiger charge is -2.17. The van der Waals surface area contributed by atoms with E-state index in [4.69, 9.17) is 36.7 Å². The molecule has 2 amide bonds. The molecule has 2 heterocycles. The number of carboxylic acid groups (broad SMARTS) is 2. The lowest BCUT2D eigenvalue weighted by Crippen LogP contribution is -2.49. The second-order valence-electron chi connectivity index (χ2n) is 9.52. The van der Waals surface area contributed by atoms with Crippen LogP contribution >= 0.6 is 0 Å². The van der Waals surface area contributed by atoms with E-state index in [1.807, 2.05) is 12.1 Å². The van der Waals surface area contributed by atoms with Gasteiger partial charge in [0.2, 0.25) is 11.8 Å². The Balaban J connectivity index is 0.000000601. The topological polar surface area (TPSA) is 234 Å². The number of carbonyl (C=O) groups is 4. The van der Waals surface area contributed by atoms with Crippen LogP contribution in [-0.2, 0) is 32.1 Å². The van der Waals surface area contributed by atoms with Crippen LogP contribution in [0.2, 0.25) is 0 Å². The van der Waals surface area contributed by atoms with Gasteiger partial charge < -0.3 is 37.6 Å². The summed E-state index contributed by atoms with van der Waals surface area (Å²) < 4.78 is 63.5. The van der Waals surface area contributed by atoms with Gasteiger partial charge in [-0.05, 0) is 55.5 Å². The van der Waals surface area contributed by atoms with Crippen molar-refractivity contribution in [1.82, 2.24) is 20.9 Å². The van der Waals surface area contributed by atoms with Gasteiger partial charge in [-0.1, -0.05) is 24.3 Å². The van der Waals surface area contributed by atoms with Gasteiger partial charge >= 0.3 is 24.3 Å². The van der Waals surface area contributed by atoms with Crippen LogP contribution < -0.4 is 27.4 Å². The highest BCUT2D eigenvalue weighted by molar-refractivity contribution is 5.95. The van der Waals surface area contributed by atoms with Crippen LogP contribution in [0.5, 0.6) is 0 Å². The van der Waals surface area contributed by atoms with Crippen molar-refractivity contribution < 1.29 is 55.7 Å².